The van der Waals surface area contributed by atoms with Gasteiger partial charge in [-0.3, -0.25) is 4.79 Å². The molecule has 0 aliphatic heterocycles. The fourth-order valence-corrected chi connectivity index (χ4v) is 2.18. The van der Waals surface area contributed by atoms with Crippen molar-refractivity contribution in [2.45, 2.75) is 31.9 Å². The van der Waals surface area contributed by atoms with E-state index in [2.05, 4.69) is 5.32 Å². The van der Waals surface area contributed by atoms with Crippen LogP contribution in [-0.4, -0.2) is 17.9 Å². The number of halogens is 1. The van der Waals surface area contributed by atoms with Crippen LogP contribution < -0.4 is 5.32 Å². The number of furan rings is 1. The molecule has 120 valence electrons. The minimum Gasteiger partial charge on any atom is -0.469 e. The van der Waals surface area contributed by atoms with Gasteiger partial charge in [0.2, 0.25) is 6.10 Å². The first kappa shape index (κ1) is 15.3. The Morgan fingerprint density at radius 1 is 1.26 bits per heavy atom. The molecular weight excluding hydrogens is 301 g/mol. The van der Waals surface area contributed by atoms with Crippen LogP contribution in [0.5, 0.6) is 0 Å². The molecular formula is C17H16FNO4. The molecule has 1 unspecified atom stereocenters. The first-order valence-corrected chi connectivity index (χ1v) is 7.35. The number of carbonyl (C=O) groups is 2. The standard InChI is InChI=1S/C17H16FNO4/c1-10-14(8-9-22-10)17(21)23-15(16(20)19-13-6-7-13)11-2-4-12(18)5-3-11/h2-5,8-9,13,15H,6-7H2,1H3,(H,19,20). The highest BCUT2D eigenvalue weighted by molar-refractivity contribution is 5.93. The number of hydrogen-bond donors (Lipinski definition) is 1. The fraction of sp³-hybridized carbons (Fsp3) is 0.294. The van der Waals surface area contributed by atoms with Crippen molar-refractivity contribution >= 4 is 11.9 Å². The number of rotatable bonds is 5. The van der Waals surface area contributed by atoms with Crippen LogP contribution >= 0.6 is 0 Å². The zero-order valence-electron chi connectivity index (χ0n) is 12.5. The molecule has 0 bridgehead atoms. The molecule has 1 heterocycles. The average molecular weight is 317 g/mol. The van der Waals surface area contributed by atoms with Gasteiger partial charge in [-0.2, -0.15) is 0 Å². The summed E-state index contributed by atoms with van der Waals surface area (Å²) >= 11 is 0. The van der Waals surface area contributed by atoms with E-state index in [9.17, 15) is 14.0 Å². The normalized spacial score (nSPS) is 15.0. The maximum atomic E-state index is 13.1. The van der Waals surface area contributed by atoms with Gasteiger partial charge in [-0.25, -0.2) is 9.18 Å². The third-order valence-corrected chi connectivity index (χ3v) is 3.64. The van der Waals surface area contributed by atoms with Crippen molar-refractivity contribution < 1.29 is 23.1 Å². The third-order valence-electron chi connectivity index (χ3n) is 3.64. The first-order chi connectivity index (χ1) is 11.0. The van der Waals surface area contributed by atoms with Gasteiger partial charge < -0.3 is 14.5 Å². The van der Waals surface area contributed by atoms with Crippen LogP contribution in [0, 0.1) is 12.7 Å². The van der Waals surface area contributed by atoms with Crippen molar-refractivity contribution in [3.05, 3.63) is 59.3 Å². The Labute approximate surface area is 132 Å². The van der Waals surface area contributed by atoms with E-state index in [1.54, 1.807) is 6.92 Å². The molecule has 0 radical (unpaired) electrons. The van der Waals surface area contributed by atoms with Gasteiger partial charge in [0.05, 0.1) is 6.26 Å². The number of ether oxygens (including phenoxy) is 1. The number of amides is 1. The molecule has 1 saturated carbocycles. The number of hydrogen-bond acceptors (Lipinski definition) is 4. The molecule has 1 atom stereocenters. The molecule has 1 fully saturated rings. The minimum absolute atomic E-state index is 0.125. The smallest absolute Gasteiger partial charge is 0.342 e. The third kappa shape index (κ3) is 3.59. The maximum Gasteiger partial charge on any atom is 0.342 e. The van der Waals surface area contributed by atoms with Crippen molar-refractivity contribution in [1.29, 1.82) is 0 Å². The van der Waals surface area contributed by atoms with Gasteiger partial charge in [-0.1, -0.05) is 12.1 Å². The van der Waals surface area contributed by atoms with Crippen molar-refractivity contribution in [2.75, 3.05) is 0 Å². The number of carbonyl (C=O) groups excluding carboxylic acids is 2. The highest BCUT2D eigenvalue weighted by Crippen LogP contribution is 2.25. The molecule has 2 aromatic rings. The summed E-state index contributed by atoms with van der Waals surface area (Å²) < 4.78 is 23.5. The largest absolute Gasteiger partial charge is 0.469 e. The van der Waals surface area contributed by atoms with Gasteiger partial charge in [-0.05, 0) is 38.0 Å². The van der Waals surface area contributed by atoms with Crippen molar-refractivity contribution in [1.82, 2.24) is 5.32 Å². The van der Waals surface area contributed by atoms with E-state index in [1.165, 1.54) is 36.6 Å². The highest BCUT2D eigenvalue weighted by Gasteiger charge is 2.31. The molecule has 3 rings (SSSR count). The summed E-state index contributed by atoms with van der Waals surface area (Å²) in [6.07, 6.45) is 2.08. The van der Waals surface area contributed by atoms with E-state index in [-0.39, 0.29) is 11.6 Å². The Kier molecular flexibility index (Phi) is 4.14. The zero-order chi connectivity index (χ0) is 16.4. The van der Waals surface area contributed by atoms with E-state index in [4.69, 9.17) is 9.15 Å². The molecule has 5 nitrogen and oxygen atoms in total. The van der Waals surface area contributed by atoms with Crippen LogP contribution in [0.25, 0.3) is 0 Å². The predicted octanol–water partition coefficient (Wildman–Crippen LogP) is 2.90. The lowest BCUT2D eigenvalue weighted by Gasteiger charge is -2.18. The van der Waals surface area contributed by atoms with Crippen LogP contribution in [0.2, 0.25) is 0 Å². The second-order valence-electron chi connectivity index (χ2n) is 5.51. The summed E-state index contributed by atoms with van der Waals surface area (Å²) in [6.45, 7) is 1.63. The summed E-state index contributed by atoms with van der Waals surface area (Å²) in [5.74, 6) is -1.08. The van der Waals surface area contributed by atoms with Crippen LogP contribution in [0.1, 0.15) is 40.6 Å². The summed E-state index contributed by atoms with van der Waals surface area (Å²) in [7, 11) is 0. The molecule has 1 N–H and O–H groups in total. The molecule has 1 aliphatic carbocycles. The summed E-state index contributed by atoms with van der Waals surface area (Å²) in [6, 6.07) is 6.93. The van der Waals surface area contributed by atoms with E-state index < -0.39 is 23.8 Å². The second kappa shape index (κ2) is 6.24. The zero-order valence-corrected chi connectivity index (χ0v) is 12.5. The number of esters is 1. The van der Waals surface area contributed by atoms with Gasteiger partial charge in [0.25, 0.3) is 5.91 Å². The monoisotopic (exact) mass is 317 g/mol. The minimum atomic E-state index is -1.13. The molecule has 1 aromatic heterocycles. The van der Waals surface area contributed by atoms with E-state index in [0.717, 1.165) is 12.8 Å². The molecule has 0 saturated heterocycles. The number of benzene rings is 1. The van der Waals surface area contributed by atoms with Crippen molar-refractivity contribution in [3.63, 3.8) is 0 Å². The fourth-order valence-electron chi connectivity index (χ4n) is 2.18. The number of aryl methyl sites for hydroxylation is 1. The molecule has 6 heteroatoms. The lowest BCUT2D eigenvalue weighted by Crippen LogP contribution is -2.33. The van der Waals surface area contributed by atoms with Gasteiger partial charge in [0.15, 0.2) is 0 Å². The predicted molar refractivity (Wildman–Crippen MR) is 79.2 cm³/mol. The SMILES string of the molecule is Cc1occc1C(=O)OC(C(=O)NC1CC1)c1ccc(F)cc1. The van der Waals surface area contributed by atoms with E-state index in [1.807, 2.05) is 0 Å². The average Bonchev–Trinajstić information content (AvgIpc) is 3.23. The molecule has 1 aromatic carbocycles. The molecule has 0 spiro atoms. The summed E-state index contributed by atoms with van der Waals surface area (Å²) in [4.78, 5) is 24.6. The Morgan fingerprint density at radius 3 is 2.52 bits per heavy atom. The van der Waals surface area contributed by atoms with Gasteiger partial charge in [-0.15, -0.1) is 0 Å². The van der Waals surface area contributed by atoms with Crippen LogP contribution in [0.15, 0.2) is 41.0 Å². The first-order valence-electron chi connectivity index (χ1n) is 7.35. The maximum absolute atomic E-state index is 13.1. The van der Waals surface area contributed by atoms with Crippen LogP contribution in [0.3, 0.4) is 0 Å². The summed E-state index contributed by atoms with van der Waals surface area (Å²) in [5, 5.41) is 2.80. The molecule has 1 amide bonds. The van der Waals surface area contributed by atoms with Gasteiger partial charge >= 0.3 is 5.97 Å². The number of nitrogens with one attached hydrogen (secondary N) is 1. The van der Waals surface area contributed by atoms with Crippen molar-refractivity contribution in [2.24, 2.45) is 0 Å². The Hall–Kier alpha value is -2.63. The lowest BCUT2D eigenvalue weighted by molar-refractivity contribution is -0.130. The van der Waals surface area contributed by atoms with Crippen LogP contribution in [-0.2, 0) is 9.53 Å². The van der Waals surface area contributed by atoms with E-state index >= 15 is 0 Å². The second-order valence-corrected chi connectivity index (χ2v) is 5.51. The highest BCUT2D eigenvalue weighted by atomic mass is 19.1. The quantitative estimate of drug-likeness (QED) is 0.861. The van der Waals surface area contributed by atoms with E-state index in [0.29, 0.717) is 11.3 Å². The summed E-state index contributed by atoms with van der Waals surface area (Å²) in [5.41, 5.74) is 0.676. The van der Waals surface area contributed by atoms with Crippen LogP contribution in [0.4, 0.5) is 4.39 Å². The molecule has 1 aliphatic rings. The Morgan fingerprint density at radius 2 is 1.96 bits per heavy atom. The van der Waals surface area contributed by atoms with Crippen molar-refractivity contribution in [3.8, 4) is 0 Å². The topological polar surface area (TPSA) is 68.5 Å². The molecule has 23 heavy (non-hydrogen) atoms. The Balaban J connectivity index is 1.82. The van der Waals surface area contributed by atoms with Gasteiger partial charge in [0.1, 0.15) is 17.1 Å². The van der Waals surface area contributed by atoms with Gasteiger partial charge in [0, 0.05) is 11.6 Å². The Bertz CT molecular complexity index is 718. The lowest BCUT2D eigenvalue weighted by atomic mass is 10.1.